The van der Waals surface area contributed by atoms with E-state index in [0.717, 1.165) is 16.9 Å². The first-order valence-corrected chi connectivity index (χ1v) is 8.45. The van der Waals surface area contributed by atoms with Gasteiger partial charge in [-0.2, -0.15) is 0 Å². The molecule has 1 aliphatic heterocycles. The van der Waals surface area contributed by atoms with E-state index in [4.69, 9.17) is 4.74 Å². The minimum atomic E-state index is -0.0406. The van der Waals surface area contributed by atoms with Crippen LogP contribution >= 0.6 is 0 Å². The van der Waals surface area contributed by atoms with Crippen LogP contribution in [0.4, 0.5) is 11.4 Å². The molecule has 5 nitrogen and oxygen atoms in total. The van der Waals surface area contributed by atoms with Crippen molar-refractivity contribution in [3.63, 3.8) is 0 Å². The highest BCUT2D eigenvalue weighted by Crippen LogP contribution is 2.20. The Balaban J connectivity index is 1.53. The smallest absolute Gasteiger partial charge is 0.253 e. The van der Waals surface area contributed by atoms with Gasteiger partial charge in [0.15, 0.2) is 0 Å². The van der Waals surface area contributed by atoms with Gasteiger partial charge in [0.1, 0.15) is 6.61 Å². The number of amides is 2. The molecule has 3 rings (SSSR count). The van der Waals surface area contributed by atoms with Gasteiger partial charge in [-0.1, -0.05) is 29.8 Å². The summed E-state index contributed by atoms with van der Waals surface area (Å²) in [6, 6.07) is 15.5. The summed E-state index contributed by atoms with van der Waals surface area (Å²) in [5.41, 5.74) is 3.93. The molecule has 1 heterocycles. The lowest BCUT2D eigenvalue weighted by Gasteiger charge is -2.26. The summed E-state index contributed by atoms with van der Waals surface area (Å²) in [5, 5.41) is 2.90. The third-order valence-electron chi connectivity index (χ3n) is 4.21. The van der Waals surface area contributed by atoms with Crippen LogP contribution in [-0.2, 0) is 20.7 Å². The Labute approximate surface area is 147 Å². The van der Waals surface area contributed by atoms with E-state index in [1.165, 1.54) is 5.56 Å². The minimum absolute atomic E-state index is 0.0178. The van der Waals surface area contributed by atoms with Crippen LogP contribution in [0.2, 0.25) is 0 Å². The Kier molecular flexibility index (Phi) is 5.46. The zero-order valence-corrected chi connectivity index (χ0v) is 14.3. The third kappa shape index (κ3) is 4.67. The predicted molar refractivity (Wildman–Crippen MR) is 97.7 cm³/mol. The number of ether oxygens (including phenoxy) is 1. The molecule has 2 aromatic carbocycles. The van der Waals surface area contributed by atoms with Crippen LogP contribution in [-0.4, -0.2) is 31.6 Å². The number of nitrogens with one attached hydrogen (secondary N) is 1. The standard InChI is InChI=1S/C20H22N2O3/c1-15-2-4-16(5-3-15)6-11-19(23)21-17-7-9-18(10-8-17)22-12-13-25-14-20(22)24/h2-5,7-10H,6,11-14H2,1H3,(H,21,23). The van der Waals surface area contributed by atoms with Crippen molar-refractivity contribution in [3.05, 3.63) is 59.7 Å². The van der Waals surface area contributed by atoms with E-state index in [1.54, 1.807) is 4.90 Å². The van der Waals surface area contributed by atoms with E-state index in [9.17, 15) is 9.59 Å². The van der Waals surface area contributed by atoms with Crippen LogP contribution < -0.4 is 10.2 Å². The Morgan fingerprint density at radius 3 is 2.52 bits per heavy atom. The van der Waals surface area contributed by atoms with Gasteiger partial charge < -0.3 is 15.0 Å². The molecule has 0 atom stereocenters. The molecule has 0 radical (unpaired) electrons. The topological polar surface area (TPSA) is 58.6 Å². The fraction of sp³-hybridized carbons (Fsp3) is 0.300. The van der Waals surface area contributed by atoms with Crippen molar-refractivity contribution in [2.45, 2.75) is 19.8 Å². The maximum atomic E-state index is 12.1. The van der Waals surface area contributed by atoms with E-state index < -0.39 is 0 Å². The molecule has 1 fully saturated rings. The lowest BCUT2D eigenvalue weighted by Crippen LogP contribution is -2.41. The molecule has 0 aliphatic carbocycles. The zero-order chi connectivity index (χ0) is 17.6. The maximum absolute atomic E-state index is 12.1. The molecule has 25 heavy (non-hydrogen) atoms. The first-order valence-electron chi connectivity index (χ1n) is 8.45. The molecule has 1 N–H and O–H groups in total. The first kappa shape index (κ1) is 17.2. The molecule has 2 aromatic rings. The van der Waals surface area contributed by atoms with E-state index >= 15 is 0 Å². The number of anilines is 2. The van der Waals surface area contributed by atoms with Crippen molar-refractivity contribution in [2.24, 2.45) is 0 Å². The van der Waals surface area contributed by atoms with Gasteiger partial charge in [-0.3, -0.25) is 9.59 Å². The number of carbonyl (C=O) groups excluding carboxylic acids is 2. The highest BCUT2D eigenvalue weighted by atomic mass is 16.5. The average Bonchev–Trinajstić information content (AvgIpc) is 2.62. The van der Waals surface area contributed by atoms with Crippen LogP contribution in [0.3, 0.4) is 0 Å². The molecule has 0 unspecified atom stereocenters. The van der Waals surface area contributed by atoms with Crippen LogP contribution in [0, 0.1) is 6.92 Å². The molecule has 130 valence electrons. The van der Waals surface area contributed by atoms with E-state index in [2.05, 4.69) is 29.6 Å². The summed E-state index contributed by atoms with van der Waals surface area (Å²) in [4.78, 5) is 25.6. The lowest BCUT2D eigenvalue weighted by atomic mass is 10.1. The molecular formula is C20H22N2O3. The van der Waals surface area contributed by atoms with Gasteiger partial charge in [-0.05, 0) is 43.2 Å². The molecule has 0 saturated carbocycles. The van der Waals surface area contributed by atoms with Crippen molar-refractivity contribution < 1.29 is 14.3 Å². The molecule has 1 saturated heterocycles. The van der Waals surface area contributed by atoms with Crippen LogP contribution in [0.15, 0.2) is 48.5 Å². The summed E-state index contributed by atoms with van der Waals surface area (Å²) in [6.07, 6.45) is 1.15. The number of rotatable bonds is 5. The summed E-state index contributed by atoms with van der Waals surface area (Å²) in [5.74, 6) is -0.0584. The maximum Gasteiger partial charge on any atom is 0.253 e. The molecule has 0 bridgehead atoms. The highest BCUT2D eigenvalue weighted by molar-refractivity contribution is 5.95. The highest BCUT2D eigenvalue weighted by Gasteiger charge is 2.19. The fourth-order valence-electron chi connectivity index (χ4n) is 2.75. The quantitative estimate of drug-likeness (QED) is 0.912. The van der Waals surface area contributed by atoms with Gasteiger partial charge in [-0.15, -0.1) is 0 Å². The first-order chi connectivity index (χ1) is 12.1. The van der Waals surface area contributed by atoms with Gasteiger partial charge in [0.2, 0.25) is 5.91 Å². The fourth-order valence-corrected chi connectivity index (χ4v) is 2.75. The Morgan fingerprint density at radius 1 is 1.12 bits per heavy atom. The average molecular weight is 338 g/mol. The van der Waals surface area contributed by atoms with Gasteiger partial charge in [0.05, 0.1) is 6.61 Å². The molecule has 0 spiro atoms. The Morgan fingerprint density at radius 2 is 1.84 bits per heavy atom. The second kappa shape index (κ2) is 7.94. The van der Waals surface area contributed by atoms with Crippen molar-refractivity contribution in [2.75, 3.05) is 30.0 Å². The second-order valence-electron chi connectivity index (χ2n) is 6.18. The number of aryl methyl sites for hydroxylation is 2. The zero-order valence-electron chi connectivity index (χ0n) is 14.3. The van der Waals surface area contributed by atoms with Gasteiger partial charge in [0, 0.05) is 24.3 Å². The molecular weight excluding hydrogens is 316 g/mol. The summed E-state index contributed by atoms with van der Waals surface area (Å²) in [7, 11) is 0. The summed E-state index contributed by atoms with van der Waals surface area (Å²) < 4.78 is 5.13. The number of carbonyl (C=O) groups is 2. The predicted octanol–water partition coefficient (Wildman–Crippen LogP) is 2.93. The van der Waals surface area contributed by atoms with Crippen LogP contribution in [0.5, 0.6) is 0 Å². The van der Waals surface area contributed by atoms with Crippen LogP contribution in [0.1, 0.15) is 17.5 Å². The SMILES string of the molecule is Cc1ccc(CCC(=O)Nc2ccc(N3CCOCC3=O)cc2)cc1. The van der Waals surface area contributed by atoms with Crippen molar-refractivity contribution in [1.82, 2.24) is 0 Å². The van der Waals surface area contributed by atoms with E-state index in [0.29, 0.717) is 26.0 Å². The van der Waals surface area contributed by atoms with Gasteiger partial charge in [-0.25, -0.2) is 0 Å². The number of hydrogen-bond donors (Lipinski definition) is 1. The number of hydrogen-bond acceptors (Lipinski definition) is 3. The Hall–Kier alpha value is -2.66. The van der Waals surface area contributed by atoms with Gasteiger partial charge in [0.25, 0.3) is 5.91 Å². The van der Waals surface area contributed by atoms with Gasteiger partial charge >= 0.3 is 0 Å². The Bertz CT molecular complexity index is 739. The van der Waals surface area contributed by atoms with Crippen molar-refractivity contribution in [1.29, 1.82) is 0 Å². The normalized spacial score (nSPS) is 14.4. The monoisotopic (exact) mass is 338 g/mol. The molecule has 2 amide bonds. The molecule has 0 aromatic heterocycles. The molecule has 1 aliphatic rings. The lowest BCUT2D eigenvalue weighted by molar-refractivity contribution is -0.125. The number of morpholine rings is 1. The van der Waals surface area contributed by atoms with Crippen molar-refractivity contribution >= 4 is 23.2 Å². The third-order valence-corrected chi connectivity index (χ3v) is 4.21. The largest absolute Gasteiger partial charge is 0.370 e. The number of nitrogens with zero attached hydrogens (tertiary/aromatic N) is 1. The summed E-state index contributed by atoms with van der Waals surface area (Å²) in [6.45, 7) is 3.27. The van der Waals surface area contributed by atoms with Crippen LogP contribution in [0.25, 0.3) is 0 Å². The minimum Gasteiger partial charge on any atom is -0.370 e. The van der Waals surface area contributed by atoms with Crippen molar-refractivity contribution in [3.8, 4) is 0 Å². The number of benzene rings is 2. The second-order valence-corrected chi connectivity index (χ2v) is 6.18. The van der Waals surface area contributed by atoms with E-state index in [-0.39, 0.29) is 18.4 Å². The summed E-state index contributed by atoms with van der Waals surface area (Å²) >= 11 is 0. The van der Waals surface area contributed by atoms with E-state index in [1.807, 2.05) is 31.2 Å². The molecule has 5 heteroatoms.